The first kappa shape index (κ1) is 13.7. The van der Waals surface area contributed by atoms with E-state index in [2.05, 4.69) is 0 Å². The molecule has 0 atom stereocenters. The Morgan fingerprint density at radius 2 is 2.06 bits per heavy atom. The van der Waals surface area contributed by atoms with Crippen LogP contribution in [0.25, 0.3) is 0 Å². The lowest BCUT2D eigenvalue weighted by atomic mass is 10.1. The average molecular weight is 256 g/mol. The SMILES string of the molecule is COc1cc(CCC(=O)O)cc(SC)c1OC. The van der Waals surface area contributed by atoms with Crippen molar-refractivity contribution in [2.24, 2.45) is 0 Å². The Labute approximate surface area is 105 Å². The zero-order valence-corrected chi connectivity index (χ0v) is 11.0. The fourth-order valence-corrected chi connectivity index (χ4v) is 2.17. The predicted octanol–water partition coefficient (Wildman–Crippen LogP) is 2.44. The molecule has 0 aliphatic heterocycles. The average Bonchev–Trinajstić information content (AvgIpc) is 2.34. The fourth-order valence-electron chi connectivity index (χ4n) is 1.53. The second kappa shape index (κ2) is 6.39. The van der Waals surface area contributed by atoms with Crippen LogP contribution in [0.15, 0.2) is 17.0 Å². The number of aliphatic carboxylic acids is 1. The van der Waals surface area contributed by atoms with Crippen molar-refractivity contribution < 1.29 is 19.4 Å². The monoisotopic (exact) mass is 256 g/mol. The summed E-state index contributed by atoms with van der Waals surface area (Å²) in [6.45, 7) is 0. The third kappa shape index (κ3) is 3.56. The zero-order valence-electron chi connectivity index (χ0n) is 10.1. The summed E-state index contributed by atoms with van der Waals surface area (Å²) in [5, 5.41) is 8.67. The molecule has 0 fully saturated rings. The van der Waals surface area contributed by atoms with E-state index in [0.29, 0.717) is 17.9 Å². The topological polar surface area (TPSA) is 55.8 Å². The van der Waals surface area contributed by atoms with Gasteiger partial charge in [0.15, 0.2) is 11.5 Å². The molecule has 0 saturated heterocycles. The van der Waals surface area contributed by atoms with Crippen LogP contribution >= 0.6 is 11.8 Å². The van der Waals surface area contributed by atoms with E-state index in [0.717, 1.165) is 10.5 Å². The molecule has 0 bridgehead atoms. The maximum Gasteiger partial charge on any atom is 0.303 e. The minimum absolute atomic E-state index is 0.114. The summed E-state index contributed by atoms with van der Waals surface area (Å²) in [5.74, 6) is 0.532. The van der Waals surface area contributed by atoms with Gasteiger partial charge in [0.2, 0.25) is 0 Å². The Kier molecular flexibility index (Phi) is 5.15. The number of carboxylic acids is 1. The number of ether oxygens (including phenoxy) is 2. The van der Waals surface area contributed by atoms with Gasteiger partial charge in [-0.25, -0.2) is 0 Å². The molecule has 1 aromatic carbocycles. The number of hydrogen-bond donors (Lipinski definition) is 1. The molecule has 0 aromatic heterocycles. The molecule has 0 spiro atoms. The second-order valence-electron chi connectivity index (χ2n) is 3.43. The highest BCUT2D eigenvalue weighted by Crippen LogP contribution is 2.38. The molecule has 94 valence electrons. The van der Waals surface area contributed by atoms with E-state index in [1.165, 1.54) is 0 Å². The van der Waals surface area contributed by atoms with Crippen molar-refractivity contribution >= 4 is 17.7 Å². The quantitative estimate of drug-likeness (QED) is 0.792. The molecule has 0 aliphatic rings. The van der Waals surface area contributed by atoms with Crippen molar-refractivity contribution in [1.29, 1.82) is 0 Å². The molecule has 0 aliphatic carbocycles. The smallest absolute Gasteiger partial charge is 0.303 e. The second-order valence-corrected chi connectivity index (χ2v) is 4.28. The number of aryl methyl sites for hydroxylation is 1. The van der Waals surface area contributed by atoms with Crippen molar-refractivity contribution in [3.8, 4) is 11.5 Å². The van der Waals surface area contributed by atoms with Gasteiger partial charge in [-0.05, 0) is 30.4 Å². The molecule has 5 heteroatoms. The summed E-state index contributed by atoms with van der Waals surface area (Å²) in [6.07, 6.45) is 2.55. The first-order valence-corrected chi connectivity index (χ1v) is 6.35. The number of rotatable bonds is 6. The van der Waals surface area contributed by atoms with Crippen LogP contribution in [0.3, 0.4) is 0 Å². The lowest BCUT2D eigenvalue weighted by Crippen LogP contribution is -1.99. The van der Waals surface area contributed by atoms with Gasteiger partial charge in [0, 0.05) is 6.42 Å². The van der Waals surface area contributed by atoms with Gasteiger partial charge in [0.1, 0.15) is 0 Å². The molecular formula is C12H16O4S. The first-order valence-electron chi connectivity index (χ1n) is 5.13. The Morgan fingerprint density at radius 3 is 2.53 bits per heavy atom. The van der Waals surface area contributed by atoms with Crippen molar-refractivity contribution in [3.63, 3.8) is 0 Å². The summed E-state index contributed by atoms with van der Waals surface area (Å²) < 4.78 is 10.5. The minimum atomic E-state index is -0.800. The van der Waals surface area contributed by atoms with Crippen LogP contribution < -0.4 is 9.47 Å². The van der Waals surface area contributed by atoms with Gasteiger partial charge in [-0.2, -0.15) is 0 Å². The Bertz CT molecular complexity index is 378. The maximum atomic E-state index is 10.5. The standard InChI is InChI=1S/C12H16O4S/c1-15-9-6-8(4-5-11(13)14)7-10(17-3)12(9)16-2/h6-7H,4-5H2,1-3H3,(H,13,14). The first-order chi connectivity index (χ1) is 8.12. The number of hydrogen-bond acceptors (Lipinski definition) is 4. The van der Waals surface area contributed by atoms with E-state index in [-0.39, 0.29) is 6.42 Å². The van der Waals surface area contributed by atoms with Gasteiger partial charge >= 0.3 is 5.97 Å². The Morgan fingerprint density at radius 1 is 1.35 bits per heavy atom. The van der Waals surface area contributed by atoms with E-state index >= 15 is 0 Å². The van der Waals surface area contributed by atoms with Gasteiger partial charge in [-0.3, -0.25) is 4.79 Å². The Balaban J connectivity index is 3.04. The van der Waals surface area contributed by atoms with E-state index in [1.807, 2.05) is 18.4 Å². The normalized spacial score (nSPS) is 10.1. The van der Waals surface area contributed by atoms with Crippen molar-refractivity contribution in [1.82, 2.24) is 0 Å². The van der Waals surface area contributed by atoms with Crippen molar-refractivity contribution in [2.45, 2.75) is 17.7 Å². The number of methoxy groups -OCH3 is 2. The number of benzene rings is 1. The lowest BCUT2D eigenvalue weighted by Gasteiger charge is -2.13. The summed E-state index contributed by atoms with van der Waals surface area (Å²) in [6, 6.07) is 3.76. The molecule has 0 amide bonds. The van der Waals surface area contributed by atoms with E-state index in [4.69, 9.17) is 14.6 Å². The number of thioether (sulfide) groups is 1. The summed E-state index contributed by atoms with van der Waals surface area (Å²) in [4.78, 5) is 11.5. The van der Waals surface area contributed by atoms with Crippen LogP contribution in [-0.2, 0) is 11.2 Å². The van der Waals surface area contributed by atoms with Gasteiger partial charge in [0.25, 0.3) is 0 Å². The van der Waals surface area contributed by atoms with E-state index < -0.39 is 5.97 Å². The molecule has 1 aromatic rings. The molecule has 1 rings (SSSR count). The van der Waals surface area contributed by atoms with E-state index in [9.17, 15) is 4.79 Å². The molecular weight excluding hydrogens is 240 g/mol. The highest BCUT2D eigenvalue weighted by molar-refractivity contribution is 7.98. The molecule has 0 unspecified atom stereocenters. The van der Waals surface area contributed by atoms with Gasteiger partial charge in [-0.1, -0.05) is 0 Å². The fraction of sp³-hybridized carbons (Fsp3) is 0.417. The molecule has 0 saturated carbocycles. The van der Waals surface area contributed by atoms with Crippen molar-refractivity contribution in [3.05, 3.63) is 17.7 Å². The molecule has 17 heavy (non-hydrogen) atoms. The van der Waals surface area contributed by atoms with Crippen LogP contribution in [0, 0.1) is 0 Å². The van der Waals surface area contributed by atoms with Crippen molar-refractivity contribution in [2.75, 3.05) is 20.5 Å². The lowest BCUT2D eigenvalue weighted by molar-refractivity contribution is -0.136. The third-order valence-corrected chi connectivity index (χ3v) is 3.10. The summed E-state index contributed by atoms with van der Waals surface area (Å²) in [5.41, 5.74) is 0.939. The largest absolute Gasteiger partial charge is 0.493 e. The van der Waals surface area contributed by atoms with Gasteiger partial charge in [0.05, 0.1) is 19.1 Å². The van der Waals surface area contributed by atoms with Crippen LogP contribution in [-0.4, -0.2) is 31.6 Å². The van der Waals surface area contributed by atoms with Crippen LogP contribution in [0.5, 0.6) is 11.5 Å². The summed E-state index contributed by atoms with van der Waals surface area (Å²) in [7, 11) is 3.16. The maximum absolute atomic E-state index is 10.5. The highest BCUT2D eigenvalue weighted by atomic mass is 32.2. The number of carbonyl (C=O) groups is 1. The molecule has 1 N–H and O–H groups in total. The van der Waals surface area contributed by atoms with Crippen LogP contribution in [0.2, 0.25) is 0 Å². The van der Waals surface area contributed by atoms with Crippen LogP contribution in [0.1, 0.15) is 12.0 Å². The minimum Gasteiger partial charge on any atom is -0.493 e. The molecule has 4 nitrogen and oxygen atoms in total. The molecule has 0 radical (unpaired) electrons. The highest BCUT2D eigenvalue weighted by Gasteiger charge is 2.12. The summed E-state index contributed by atoms with van der Waals surface area (Å²) >= 11 is 1.55. The van der Waals surface area contributed by atoms with Gasteiger partial charge < -0.3 is 14.6 Å². The third-order valence-electron chi connectivity index (χ3n) is 2.35. The van der Waals surface area contributed by atoms with Gasteiger partial charge in [-0.15, -0.1) is 11.8 Å². The molecule has 0 heterocycles. The predicted molar refractivity (Wildman–Crippen MR) is 67.3 cm³/mol. The van der Waals surface area contributed by atoms with Crippen LogP contribution in [0.4, 0.5) is 0 Å². The van der Waals surface area contributed by atoms with E-state index in [1.54, 1.807) is 26.0 Å². The number of carboxylic acid groups (broad SMARTS) is 1. The zero-order chi connectivity index (χ0) is 12.8. The Hall–Kier alpha value is -1.36.